The molecule has 0 spiro atoms. The number of aliphatic hydroxyl groups is 1. The van der Waals surface area contributed by atoms with Crippen LogP contribution < -0.4 is 0 Å². The number of aliphatic hydroxyl groups excluding tert-OH is 1. The molecule has 0 amide bonds. The lowest BCUT2D eigenvalue weighted by Gasteiger charge is -2.21. The van der Waals surface area contributed by atoms with Crippen molar-refractivity contribution in [2.45, 2.75) is 497 Å². The van der Waals surface area contributed by atoms with Crippen LogP contribution >= 0.6 is 15.6 Å². The van der Waals surface area contributed by atoms with Crippen LogP contribution in [0.25, 0.3) is 0 Å². The molecule has 0 bridgehead atoms. The molecule has 17 nitrogen and oxygen atoms in total. The van der Waals surface area contributed by atoms with E-state index in [1.165, 1.54) is 283 Å². The van der Waals surface area contributed by atoms with Crippen molar-refractivity contribution in [1.29, 1.82) is 0 Å². The van der Waals surface area contributed by atoms with Crippen LogP contribution in [0.3, 0.4) is 0 Å². The Bertz CT molecular complexity index is 2130. The van der Waals surface area contributed by atoms with E-state index >= 15 is 0 Å². The fourth-order valence-electron chi connectivity index (χ4n) is 14.1. The Hall–Kier alpha value is -1.94. The van der Waals surface area contributed by atoms with Gasteiger partial charge in [-0.25, -0.2) is 9.13 Å². The van der Waals surface area contributed by atoms with Gasteiger partial charge in [-0.15, -0.1) is 0 Å². The first-order valence-corrected chi connectivity index (χ1v) is 49.8. The number of carbonyl (C=O) groups is 4. The first-order valence-electron chi connectivity index (χ1n) is 46.8. The molecule has 110 heavy (non-hydrogen) atoms. The maximum absolute atomic E-state index is 13.2. The van der Waals surface area contributed by atoms with Crippen LogP contribution in [-0.4, -0.2) is 96.7 Å². The van der Waals surface area contributed by atoms with Crippen LogP contribution in [0.4, 0.5) is 0 Å². The molecule has 0 rings (SSSR count). The van der Waals surface area contributed by atoms with E-state index in [4.69, 9.17) is 37.0 Å². The molecular weight excluding hydrogens is 1430 g/mol. The maximum atomic E-state index is 13.2. The summed E-state index contributed by atoms with van der Waals surface area (Å²) in [6.45, 7) is 14.4. The van der Waals surface area contributed by atoms with Gasteiger partial charge >= 0.3 is 39.5 Å². The molecule has 0 aliphatic rings. The van der Waals surface area contributed by atoms with E-state index in [1.807, 2.05) is 0 Å². The Morgan fingerprint density at radius 1 is 0.255 bits per heavy atom. The fraction of sp³-hybridized carbons (Fsp3) is 0.956. The van der Waals surface area contributed by atoms with E-state index in [-0.39, 0.29) is 25.7 Å². The van der Waals surface area contributed by atoms with E-state index < -0.39 is 97.5 Å². The molecular formula is C91H178O17P2. The van der Waals surface area contributed by atoms with Crippen molar-refractivity contribution >= 4 is 39.5 Å². The van der Waals surface area contributed by atoms with Crippen LogP contribution in [-0.2, 0) is 65.4 Å². The van der Waals surface area contributed by atoms with Gasteiger partial charge in [0.05, 0.1) is 26.4 Å². The highest BCUT2D eigenvalue weighted by atomic mass is 31.2. The molecule has 0 fully saturated rings. The highest BCUT2D eigenvalue weighted by Crippen LogP contribution is 2.45. The van der Waals surface area contributed by atoms with Gasteiger partial charge in [-0.3, -0.25) is 37.3 Å². The van der Waals surface area contributed by atoms with Crippen molar-refractivity contribution in [2.75, 3.05) is 39.6 Å². The molecule has 3 N–H and O–H groups in total. The standard InChI is InChI=1S/C91H178O17P2/c1-9-83(7)69-61-53-45-37-31-25-18-13-11-12-14-20-27-33-39-49-57-65-73-90(95)107-86(77-101-88(93)71-63-55-47-38-32-26-19-16-15-17-23-29-35-43-51-59-67-81(3)4)79-105-109(97,98)103-75-85(92)76-104-110(99,100)106-80-87(78-102-89(94)72-64-56-48-42-41-46-54-62-70-84(8)10-2)108-91(96)74-66-58-50-40-34-28-22-21-24-30-36-44-52-60-68-82(5)6/h81-87,92H,9-80H2,1-8H3,(H,97,98)(H,99,100)/t83?,84?,85-,86-,87-/m1/s1. The van der Waals surface area contributed by atoms with Crippen molar-refractivity contribution in [1.82, 2.24) is 0 Å². The van der Waals surface area contributed by atoms with E-state index in [2.05, 4.69) is 55.4 Å². The molecule has 4 unspecified atom stereocenters. The minimum absolute atomic E-state index is 0.107. The lowest BCUT2D eigenvalue weighted by molar-refractivity contribution is -0.161. The number of unbranched alkanes of at least 4 members (excludes halogenated alkanes) is 52. The topological polar surface area (TPSA) is 237 Å². The first-order chi connectivity index (χ1) is 53.2. The summed E-state index contributed by atoms with van der Waals surface area (Å²) in [6, 6.07) is 0. The molecule has 7 atom stereocenters. The van der Waals surface area contributed by atoms with Crippen molar-refractivity contribution in [3.8, 4) is 0 Å². The summed E-state index contributed by atoms with van der Waals surface area (Å²) in [5, 5.41) is 10.7. The second-order valence-corrected chi connectivity index (χ2v) is 37.0. The molecule has 0 heterocycles. The summed E-state index contributed by atoms with van der Waals surface area (Å²) in [6.07, 6.45) is 70.7. The molecule has 0 aliphatic carbocycles. The number of esters is 4. The summed E-state index contributed by atoms with van der Waals surface area (Å²) < 4.78 is 69.1. The normalized spacial score (nSPS) is 14.3. The van der Waals surface area contributed by atoms with E-state index in [0.717, 1.165) is 114 Å². The third-order valence-corrected chi connectivity index (χ3v) is 23.9. The van der Waals surface area contributed by atoms with Gasteiger partial charge in [-0.1, -0.05) is 428 Å². The van der Waals surface area contributed by atoms with Gasteiger partial charge in [-0.05, 0) is 49.4 Å². The average molecular weight is 1610 g/mol. The Morgan fingerprint density at radius 2 is 0.436 bits per heavy atom. The molecule has 0 saturated heterocycles. The summed E-state index contributed by atoms with van der Waals surface area (Å²) in [7, 11) is -9.94. The van der Waals surface area contributed by atoms with Gasteiger partial charge < -0.3 is 33.8 Å². The fourth-order valence-corrected chi connectivity index (χ4v) is 15.7. The van der Waals surface area contributed by atoms with Crippen molar-refractivity contribution in [3.05, 3.63) is 0 Å². The lowest BCUT2D eigenvalue weighted by atomic mass is 9.99. The molecule has 0 aromatic heterocycles. The number of phosphoric ester groups is 2. The lowest BCUT2D eigenvalue weighted by Crippen LogP contribution is -2.30. The minimum atomic E-state index is -4.97. The van der Waals surface area contributed by atoms with Gasteiger partial charge in [-0.2, -0.15) is 0 Å². The molecule has 0 aromatic carbocycles. The van der Waals surface area contributed by atoms with E-state index in [1.54, 1.807) is 0 Å². The van der Waals surface area contributed by atoms with Gasteiger partial charge in [0.1, 0.15) is 19.3 Å². The smallest absolute Gasteiger partial charge is 0.462 e. The predicted molar refractivity (Wildman–Crippen MR) is 455 cm³/mol. The average Bonchev–Trinajstić information content (AvgIpc) is 0.899. The second kappa shape index (κ2) is 79.5. The Balaban J connectivity index is 5.26. The minimum Gasteiger partial charge on any atom is -0.462 e. The third-order valence-electron chi connectivity index (χ3n) is 22.0. The number of hydrogen-bond acceptors (Lipinski definition) is 15. The van der Waals surface area contributed by atoms with Crippen LogP contribution in [0, 0.1) is 23.7 Å². The van der Waals surface area contributed by atoms with E-state index in [9.17, 15) is 43.2 Å². The second-order valence-electron chi connectivity index (χ2n) is 34.1. The highest BCUT2D eigenvalue weighted by Gasteiger charge is 2.31. The first kappa shape index (κ1) is 108. The van der Waals surface area contributed by atoms with Crippen molar-refractivity contribution in [2.24, 2.45) is 23.7 Å². The van der Waals surface area contributed by atoms with Crippen LogP contribution in [0.2, 0.25) is 0 Å². The van der Waals surface area contributed by atoms with Crippen LogP contribution in [0.1, 0.15) is 479 Å². The molecule has 0 aliphatic heterocycles. The summed E-state index contributed by atoms with van der Waals surface area (Å²) in [5.41, 5.74) is 0. The number of hydrogen-bond donors (Lipinski definition) is 3. The molecule has 0 saturated carbocycles. The Kier molecular flexibility index (Phi) is 78.1. The Labute approximate surface area is 677 Å². The van der Waals surface area contributed by atoms with Gasteiger partial charge in [0, 0.05) is 25.7 Å². The number of phosphoric acid groups is 2. The molecule has 0 radical (unpaired) electrons. The largest absolute Gasteiger partial charge is 0.472 e. The zero-order valence-electron chi connectivity index (χ0n) is 72.9. The number of carbonyl (C=O) groups excluding carboxylic acids is 4. The van der Waals surface area contributed by atoms with Gasteiger partial charge in [0.2, 0.25) is 0 Å². The van der Waals surface area contributed by atoms with Crippen molar-refractivity contribution in [3.63, 3.8) is 0 Å². The van der Waals surface area contributed by atoms with Crippen molar-refractivity contribution < 1.29 is 80.2 Å². The number of ether oxygens (including phenoxy) is 4. The molecule has 0 aromatic rings. The summed E-state index contributed by atoms with van der Waals surface area (Å²) >= 11 is 0. The Morgan fingerprint density at radius 3 is 0.645 bits per heavy atom. The van der Waals surface area contributed by atoms with Crippen LogP contribution in [0.5, 0.6) is 0 Å². The van der Waals surface area contributed by atoms with E-state index in [0.29, 0.717) is 25.7 Å². The molecule has 19 heteroatoms. The zero-order chi connectivity index (χ0) is 80.9. The highest BCUT2D eigenvalue weighted by molar-refractivity contribution is 7.47. The monoisotopic (exact) mass is 1610 g/mol. The van der Waals surface area contributed by atoms with Gasteiger partial charge in [0.25, 0.3) is 0 Å². The summed E-state index contributed by atoms with van der Waals surface area (Å²) in [4.78, 5) is 73.4. The predicted octanol–water partition coefficient (Wildman–Crippen LogP) is 27.9. The number of rotatable bonds is 88. The quantitative estimate of drug-likeness (QED) is 0.0222. The van der Waals surface area contributed by atoms with Crippen LogP contribution in [0.15, 0.2) is 0 Å². The molecule has 654 valence electrons. The maximum Gasteiger partial charge on any atom is 0.472 e. The zero-order valence-corrected chi connectivity index (χ0v) is 74.7. The summed E-state index contributed by atoms with van der Waals surface area (Å²) in [5.74, 6) is 1.15. The van der Waals surface area contributed by atoms with Gasteiger partial charge in [0.15, 0.2) is 12.2 Å². The SMILES string of the molecule is CCC(C)CCCCCCCCCCCCCCCCCCCCC(=O)O[C@H](COC(=O)CCCCCCCCCCCCCCCCCCC(C)C)COP(=O)(O)OC[C@@H](O)COP(=O)(O)OC[C@@H](COC(=O)CCCCCCCCCCC(C)CC)OC(=O)CCCCCCCCCCCCCCCCC(C)C. The third kappa shape index (κ3) is 81.2.